The van der Waals surface area contributed by atoms with Crippen LogP contribution in [0.5, 0.6) is 0 Å². The molecule has 0 amide bonds. The summed E-state index contributed by atoms with van der Waals surface area (Å²) in [4.78, 5) is 14.9. The van der Waals surface area contributed by atoms with Gasteiger partial charge in [-0.05, 0) is 25.0 Å². The normalized spacial score (nSPS) is 11.1. The van der Waals surface area contributed by atoms with Crippen molar-refractivity contribution in [1.29, 1.82) is 0 Å². The monoisotopic (exact) mass is 357 g/mol. The molecule has 3 aromatic heterocycles. The molecular weight excluding hydrogens is 336 g/mol. The second kappa shape index (κ2) is 6.52. The third-order valence-corrected chi connectivity index (χ3v) is 4.67. The Balaban J connectivity index is 2.17. The van der Waals surface area contributed by atoms with E-state index in [1.807, 2.05) is 25.2 Å². The Labute approximate surface area is 152 Å². The van der Waals surface area contributed by atoms with E-state index in [9.17, 15) is 0 Å². The predicted molar refractivity (Wildman–Crippen MR) is 105 cm³/mol. The second-order valence-corrected chi connectivity index (χ2v) is 6.65. The van der Waals surface area contributed by atoms with Crippen LogP contribution in [-0.2, 0) is 6.54 Å². The number of hydrogen-bond donors (Lipinski definition) is 1. The van der Waals surface area contributed by atoms with E-state index in [0.29, 0.717) is 28.5 Å². The van der Waals surface area contributed by atoms with E-state index >= 15 is 0 Å². The van der Waals surface area contributed by atoms with Gasteiger partial charge in [-0.15, -0.1) is 0 Å². The zero-order valence-electron chi connectivity index (χ0n) is 15.1. The Kier molecular flexibility index (Phi) is 4.56. The van der Waals surface area contributed by atoms with E-state index in [1.54, 1.807) is 4.68 Å². The van der Waals surface area contributed by atoms with Crippen molar-refractivity contribution in [3.05, 3.63) is 28.2 Å². The van der Waals surface area contributed by atoms with Gasteiger partial charge in [0.05, 0.1) is 12.2 Å². The lowest BCUT2D eigenvalue weighted by Crippen LogP contribution is -2.22. The summed E-state index contributed by atoms with van der Waals surface area (Å²) in [5.41, 5.74) is 11.1. The summed E-state index contributed by atoms with van der Waals surface area (Å²) in [6.45, 7) is 6.84. The number of halogens is 1. The fourth-order valence-corrected chi connectivity index (χ4v) is 3.37. The van der Waals surface area contributed by atoms with Gasteiger partial charge in [-0.2, -0.15) is 10.1 Å². The highest BCUT2D eigenvalue weighted by Gasteiger charge is 2.20. The minimum absolute atomic E-state index is 0.131. The zero-order chi connectivity index (χ0) is 18.3. The standard InChI is InChI=1S/C16H21BClN7/c1-8-6-20-10(9(2)12(8)17-3)7-25-14-11(15(23-25)24(4)5)13(18)21-16(19)22-14/h6,17H,7H2,1-5H3,(H2,19,21,22). The highest BCUT2D eigenvalue weighted by Crippen LogP contribution is 2.30. The minimum atomic E-state index is 0.131. The quantitative estimate of drug-likeness (QED) is 0.559. The van der Waals surface area contributed by atoms with Crippen LogP contribution in [0.2, 0.25) is 12.0 Å². The lowest BCUT2D eigenvalue weighted by atomic mass is 9.69. The summed E-state index contributed by atoms with van der Waals surface area (Å²) in [7, 11) is 4.78. The molecule has 7 nitrogen and oxygen atoms in total. The van der Waals surface area contributed by atoms with Crippen LogP contribution < -0.4 is 16.1 Å². The number of aryl methyl sites for hydroxylation is 1. The maximum absolute atomic E-state index is 6.30. The van der Waals surface area contributed by atoms with Crippen molar-refractivity contribution in [3.8, 4) is 0 Å². The third kappa shape index (κ3) is 3.02. The van der Waals surface area contributed by atoms with Crippen LogP contribution >= 0.6 is 11.6 Å². The molecule has 9 heteroatoms. The van der Waals surface area contributed by atoms with Crippen LogP contribution in [0.15, 0.2) is 6.20 Å². The van der Waals surface area contributed by atoms with E-state index in [4.69, 9.17) is 17.3 Å². The van der Waals surface area contributed by atoms with Gasteiger partial charge in [-0.25, -0.2) is 9.67 Å². The number of pyridine rings is 1. The van der Waals surface area contributed by atoms with Crippen molar-refractivity contribution in [2.45, 2.75) is 27.2 Å². The van der Waals surface area contributed by atoms with Crippen LogP contribution in [0.3, 0.4) is 0 Å². The van der Waals surface area contributed by atoms with Crippen molar-refractivity contribution in [2.75, 3.05) is 24.7 Å². The molecule has 0 aromatic carbocycles. The van der Waals surface area contributed by atoms with Gasteiger partial charge in [0.15, 0.2) is 18.7 Å². The predicted octanol–water partition coefficient (Wildman–Crippen LogP) is 1.30. The van der Waals surface area contributed by atoms with E-state index in [-0.39, 0.29) is 5.95 Å². The Morgan fingerprint density at radius 2 is 2.00 bits per heavy atom. The molecule has 0 aliphatic heterocycles. The summed E-state index contributed by atoms with van der Waals surface area (Å²) in [5, 5.41) is 5.67. The first kappa shape index (κ1) is 17.5. The number of rotatable bonds is 4. The smallest absolute Gasteiger partial charge is 0.223 e. The SMILES string of the molecule is CBc1c(C)cnc(Cn2nc(N(C)C)c3c(Cl)nc(N)nc32)c1C. The van der Waals surface area contributed by atoms with Gasteiger partial charge in [0, 0.05) is 20.3 Å². The van der Waals surface area contributed by atoms with E-state index in [0.717, 1.165) is 13.0 Å². The number of anilines is 2. The summed E-state index contributed by atoms with van der Waals surface area (Å²) in [6, 6.07) is 0. The van der Waals surface area contributed by atoms with Gasteiger partial charge in [0.25, 0.3) is 0 Å². The van der Waals surface area contributed by atoms with Gasteiger partial charge < -0.3 is 10.6 Å². The number of fused-ring (bicyclic) bond motifs is 1. The Bertz CT molecular complexity index is 952. The molecule has 0 saturated heterocycles. The lowest BCUT2D eigenvalue weighted by molar-refractivity contribution is 0.683. The van der Waals surface area contributed by atoms with Crippen LogP contribution in [0.25, 0.3) is 11.0 Å². The highest BCUT2D eigenvalue weighted by atomic mass is 35.5. The van der Waals surface area contributed by atoms with Gasteiger partial charge >= 0.3 is 0 Å². The molecule has 3 rings (SSSR count). The van der Waals surface area contributed by atoms with Crippen LogP contribution in [-0.4, -0.2) is 46.1 Å². The summed E-state index contributed by atoms with van der Waals surface area (Å²) >= 11 is 6.30. The molecule has 0 fully saturated rings. The van der Waals surface area contributed by atoms with Gasteiger partial charge in [-0.3, -0.25) is 4.98 Å². The summed E-state index contributed by atoms with van der Waals surface area (Å²) in [5.74, 6) is 0.840. The number of nitrogens with zero attached hydrogens (tertiary/aromatic N) is 6. The lowest BCUT2D eigenvalue weighted by Gasteiger charge is -2.12. The first-order valence-electron chi connectivity index (χ1n) is 8.14. The average molecular weight is 358 g/mol. The van der Waals surface area contributed by atoms with E-state index in [2.05, 4.69) is 40.7 Å². The van der Waals surface area contributed by atoms with Crippen molar-refractivity contribution in [1.82, 2.24) is 24.7 Å². The first-order valence-corrected chi connectivity index (χ1v) is 8.52. The number of nitrogens with two attached hydrogens (primary N) is 1. The fraction of sp³-hybridized carbons (Fsp3) is 0.375. The molecule has 0 saturated carbocycles. The topological polar surface area (TPSA) is 85.8 Å². The Hall–Kier alpha value is -2.35. The van der Waals surface area contributed by atoms with Gasteiger partial charge in [0.2, 0.25) is 5.95 Å². The highest BCUT2D eigenvalue weighted by molar-refractivity contribution is 6.53. The molecule has 25 heavy (non-hydrogen) atoms. The van der Waals surface area contributed by atoms with Crippen LogP contribution in [0.1, 0.15) is 16.8 Å². The molecule has 0 radical (unpaired) electrons. The maximum Gasteiger partial charge on any atom is 0.223 e. The van der Waals surface area contributed by atoms with Crippen LogP contribution in [0.4, 0.5) is 11.8 Å². The molecule has 0 atom stereocenters. The average Bonchev–Trinajstić information content (AvgIpc) is 2.90. The van der Waals surface area contributed by atoms with Crippen molar-refractivity contribution in [2.24, 2.45) is 0 Å². The van der Waals surface area contributed by atoms with Crippen molar-refractivity contribution >= 4 is 47.1 Å². The number of aromatic nitrogens is 5. The molecule has 3 heterocycles. The number of nitrogen functional groups attached to an aromatic ring is 1. The second-order valence-electron chi connectivity index (χ2n) is 6.29. The first-order chi connectivity index (χ1) is 11.8. The molecule has 0 bridgehead atoms. The third-order valence-electron chi connectivity index (χ3n) is 4.40. The molecule has 0 spiro atoms. The van der Waals surface area contributed by atoms with Crippen LogP contribution in [0, 0.1) is 13.8 Å². The molecule has 0 unspecified atom stereocenters. The molecular formula is C16H21BClN7. The molecule has 2 N–H and O–H groups in total. The van der Waals surface area contributed by atoms with E-state index < -0.39 is 0 Å². The Morgan fingerprint density at radius 3 is 2.64 bits per heavy atom. The molecule has 0 aliphatic rings. The van der Waals surface area contributed by atoms with Gasteiger partial charge in [0.1, 0.15) is 10.5 Å². The largest absolute Gasteiger partial charge is 0.368 e. The molecule has 130 valence electrons. The van der Waals surface area contributed by atoms with Crippen molar-refractivity contribution in [3.63, 3.8) is 0 Å². The van der Waals surface area contributed by atoms with Crippen molar-refractivity contribution < 1.29 is 0 Å². The maximum atomic E-state index is 6.30. The zero-order valence-corrected chi connectivity index (χ0v) is 15.9. The fourth-order valence-electron chi connectivity index (χ4n) is 3.12. The number of hydrogen-bond acceptors (Lipinski definition) is 6. The minimum Gasteiger partial charge on any atom is -0.368 e. The van der Waals surface area contributed by atoms with E-state index in [1.165, 1.54) is 16.6 Å². The molecule has 3 aromatic rings. The summed E-state index contributed by atoms with van der Waals surface area (Å²) < 4.78 is 1.79. The molecule has 0 aliphatic carbocycles. The summed E-state index contributed by atoms with van der Waals surface area (Å²) in [6.07, 6.45) is 1.91. The Morgan fingerprint density at radius 1 is 1.28 bits per heavy atom. The van der Waals surface area contributed by atoms with Gasteiger partial charge in [-0.1, -0.05) is 23.9 Å².